The molecular weight excluding hydrogens is 200 g/mol. The minimum Gasteiger partial charge on any atom is -0.315 e. The third-order valence-electron chi connectivity index (χ3n) is 3.25. The van der Waals surface area contributed by atoms with Crippen molar-refractivity contribution in [2.75, 3.05) is 19.7 Å². The fraction of sp³-hybridized carbons (Fsp3) is 1.00. The molecule has 1 saturated heterocycles. The summed E-state index contributed by atoms with van der Waals surface area (Å²) in [5, 5.41) is 3.43. The van der Waals surface area contributed by atoms with Crippen LogP contribution in [-0.2, 0) is 4.84 Å². The summed E-state index contributed by atoms with van der Waals surface area (Å²) in [6.07, 6.45) is 1.23. The number of piperidine rings is 1. The van der Waals surface area contributed by atoms with Crippen molar-refractivity contribution in [2.45, 2.75) is 47.1 Å². The Kier molecular flexibility index (Phi) is 5.22. The fourth-order valence-corrected chi connectivity index (χ4v) is 2.34. The van der Waals surface area contributed by atoms with Crippen molar-refractivity contribution >= 4 is 0 Å². The van der Waals surface area contributed by atoms with Gasteiger partial charge in [-0.25, -0.2) is 0 Å². The van der Waals surface area contributed by atoms with Crippen molar-refractivity contribution in [1.29, 1.82) is 0 Å². The van der Waals surface area contributed by atoms with Gasteiger partial charge in [0, 0.05) is 12.6 Å². The summed E-state index contributed by atoms with van der Waals surface area (Å²) in [7, 11) is 0. The van der Waals surface area contributed by atoms with E-state index < -0.39 is 0 Å². The van der Waals surface area contributed by atoms with Crippen molar-refractivity contribution in [3.63, 3.8) is 0 Å². The molecule has 0 aliphatic carbocycles. The van der Waals surface area contributed by atoms with E-state index in [0.717, 1.165) is 19.7 Å². The van der Waals surface area contributed by atoms with E-state index in [-0.39, 0.29) is 0 Å². The van der Waals surface area contributed by atoms with Gasteiger partial charge in [-0.3, -0.25) is 0 Å². The average molecular weight is 228 g/mol. The highest BCUT2D eigenvalue weighted by atomic mass is 16.6. The van der Waals surface area contributed by atoms with E-state index in [1.54, 1.807) is 0 Å². The molecule has 0 saturated carbocycles. The number of hydroxylamine groups is 1. The van der Waals surface area contributed by atoms with Gasteiger partial charge in [0.2, 0.25) is 0 Å². The van der Waals surface area contributed by atoms with E-state index in [4.69, 9.17) is 4.84 Å². The highest BCUT2D eigenvalue weighted by Crippen LogP contribution is 2.32. The van der Waals surface area contributed by atoms with Gasteiger partial charge in [-0.15, -0.1) is 0 Å². The van der Waals surface area contributed by atoms with Gasteiger partial charge in [0.25, 0.3) is 0 Å². The lowest BCUT2D eigenvalue weighted by Crippen LogP contribution is -2.53. The van der Waals surface area contributed by atoms with Crippen LogP contribution in [0, 0.1) is 17.3 Å². The van der Waals surface area contributed by atoms with Crippen LogP contribution < -0.4 is 10.8 Å². The summed E-state index contributed by atoms with van der Waals surface area (Å²) in [4.78, 5) is 5.57. The number of nitrogens with one attached hydrogen (secondary N) is 2. The predicted molar refractivity (Wildman–Crippen MR) is 68.1 cm³/mol. The van der Waals surface area contributed by atoms with Crippen molar-refractivity contribution in [3.8, 4) is 0 Å². The van der Waals surface area contributed by atoms with Gasteiger partial charge in [-0.2, -0.15) is 5.48 Å². The molecule has 2 atom stereocenters. The first kappa shape index (κ1) is 13.9. The predicted octanol–water partition coefficient (Wildman–Crippen LogP) is 2.19. The van der Waals surface area contributed by atoms with Crippen LogP contribution in [0.3, 0.4) is 0 Å². The van der Waals surface area contributed by atoms with Gasteiger partial charge in [0.15, 0.2) is 0 Å². The molecule has 1 rings (SSSR count). The van der Waals surface area contributed by atoms with Crippen LogP contribution in [0.4, 0.5) is 0 Å². The Hall–Kier alpha value is -0.120. The molecule has 0 radical (unpaired) electrons. The number of hydrogen-bond donors (Lipinski definition) is 2. The van der Waals surface area contributed by atoms with Crippen LogP contribution in [0.2, 0.25) is 0 Å². The molecule has 0 spiro atoms. The largest absolute Gasteiger partial charge is 0.315 e. The number of hydrogen-bond acceptors (Lipinski definition) is 3. The molecule has 1 aliphatic rings. The monoisotopic (exact) mass is 228 g/mol. The molecular formula is C13H28N2O. The summed E-state index contributed by atoms with van der Waals surface area (Å²) in [6.45, 7) is 14.2. The van der Waals surface area contributed by atoms with Gasteiger partial charge < -0.3 is 10.2 Å². The quantitative estimate of drug-likeness (QED) is 0.724. The minimum atomic E-state index is 0.348. The van der Waals surface area contributed by atoms with Gasteiger partial charge >= 0.3 is 0 Å². The Balaban J connectivity index is 2.41. The Morgan fingerprint density at radius 1 is 1.38 bits per heavy atom. The standard InChI is InChI=1S/C13H28N2O/c1-10(2)9-16-15-12-8-14-7-6-11(12)13(3,4)5/h10-12,14-15H,6-9H2,1-5H3. The topological polar surface area (TPSA) is 33.3 Å². The van der Waals surface area contributed by atoms with E-state index >= 15 is 0 Å². The molecule has 3 heteroatoms. The van der Waals surface area contributed by atoms with E-state index in [1.807, 2.05) is 0 Å². The average Bonchev–Trinajstić information content (AvgIpc) is 2.16. The first-order valence-electron chi connectivity index (χ1n) is 6.49. The van der Waals surface area contributed by atoms with Crippen LogP contribution in [-0.4, -0.2) is 25.7 Å². The lowest BCUT2D eigenvalue weighted by molar-refractivity contribution is -0.0342. The smallest absolute Gasteiger partial charge is 0.0705 e. The van der Waals surface area contributed by atoms with Crippen molar-refractivity contribution in [2.24, 2.45) is 17.3 Å². The molecule has 2 N–H and O–H groups in total. The van der Waals surface area contributed by atoms with Gasteiger partial charge in [0.05, 0.1) is 6.61 Å². The number of rotatable bonds is 4. The van der Waals surface area contributed by atoms with E-state index in [0.29, 0.717) is 23.3 Å². The first-order chi connectivity index (χ1) is 7.41. The molecule has 2 unspecified atom stereocenters. The second-order valence-electron chi connectivity index (χ2n) is 6.39. The van der Waals surface area contributed by atoms with Crippen molar-refractivity contribution in [3.05, 3.63) is 0 Å². The molecule has 16 heavy (non-hydrogen) atoms. The van der Waals surface area contributed by atoms with E-state index in [2.05, 4.69) is 45.4 Å². The molecule has 1 aliphatic heterocycles. The summed E-state index contributed by atoms with van der Waals surface area (Å²) in [5.74, 6) is 1.26. The molecule has 0 aromatic heterocycles. The summed E-state index contributed by atoms with van der Waals surface area (Å²) in [6, 6.07) is 0.438. The zero-order chi connectivity index (χ0) is 12.2. The van der Waals surface area contributed by atoms with Crippen LogP contribution >= 0.6 is 0 Å². The van der Waals surface area contributed by atoms with Gasteiger partial charge in [-0.1, -0.05) is 34.6 Å². The Bertz CT molecular complexity index is 199. The molecule has 0 aromatic rings. The van der Waals surface area contributed by atoms with Gasteiger partial charge in [-0.05, 0) is 30.2 Å². The van der Waals surface area contributed by atoms with Crippen LogP contribution in [0.25, 0.3) is 0 Å². The molecule has 1 fully saturated rings. The van der Waals surface area contributed by atoms with E-state index in [1.165, 1.54) is 6.42 Å². The minimum absolute atomic E-state index is 0.348. The Morgan fingerprint density at radius 2 is 2.06 bits per heavy atom. The SMILES string of the molecule is CC(C)CONC1CNCCC1C(C)(C)C. The van der Waals surface area contributed by atoms with E-state index in [9.17, 15) is 0 Å². The van der Waals surface area contributed by atoms with Gasteiger partial charge in [0.1, 0.15) is 0 Å². The highest BCUT2D eigenvalue weighted by Gasteiger charge is 2.34. The molecule has 0 amide bonds. The maximum absolute atomic E-state index is 5.57. The Labute approximate surface area is 100 Å². The lowest BCUT2D eigenvalue weighted by atomic mass is 9.73. The third kappa shape index (κ3) is 4.40. The van der Waals surface area contributed by atoms with Crippen molar-refractivity contribution in [1.82, 2.24) is 10.8 Å². The van der Waals surface area contributed by atoms with Crippen molar-refractivity contribution < 1.29 is 4.84 Å². The summed E-state index contributed by atoms with van der Waals surface area (Å²) >= 11 is 0. The normalized spacial score (nSPS) is 27.4. The molecule has 96 valence electrons. The second-order valence-corrected chi connectivity index (χ2v) is 6.39. The van der Waals surface area contributed by atoms with Crippen LogP contribution in [0.1, 0.15) is 41.0 Å². The Morgan fingerprint density at radius 3 is 2.62 bits per heavy atom. The maximum Gasteiger partial charge on any atom is 0.0705 e. The van der Waals surface area contributed by atoms with Crippen LogP contribution in [0.15, 0.2) is 0 Å². The highest BCUT2D eigenvalue weighted by molar-refractivity contribution is 4.88. The maximum atomic E-state index is 5.57. The zero-order valence-electron chi connectivity index (χ0n) is 11.5. The molecule has 0 bridgehead atoms. The fourth-order valence-electron chi connectivity index (χ4n) is 2.34. The summed E-state index contributed by atoms with van der Waals surface area (Å²) in [5.41, 5.74) is 3.60. The zero-order valence-corrected chi connectivity index (χ0v) is 11.5. The lowest BCUT2D eigenvalue weighted by Gasteiger charge is -2.40. The third-order valence-corrected chi connectivity index (χ3v) is 3.25. The first-order valence-corrected chi connectivity index (χ1v) is 6.49. The molecule has 1 heterocycles. The second kappa shape index (κ2) is 5.99. The van der Waals surface area contributed by atoms with Crippen LogP contribution in [0.5, 0.6) is 0 Å². The summed E-state index contributed by atoms with van der Waals surface area (Å²) < 4.78 is 0. The molecule has 3 nitrogen and oxygen atoms in total. The molecule has 0 aromatic carbocycles.